The van der Waals surface area contributed by atoms with Crippen molar-refractivity contribution in [3.8, 4) is 22.6 Å². The lowest BCUT2D eigenvalue weighted by Crippen LogP contribution is -2.20. The molecule has 0 spiro atoms. The van der Waals surface area contributed by atoms with Crippen molar-refractivity contribution < 1.29 is 0 Å². The van der Waals surface area contributed by atoms with Gasteiger partial charge in [-0.1, -0.05) is 117 Å². The first-order valence-electron chi connectivity index (χ1n) is 16.1. The third kappa shape index (κ3) is 3.37. The first-order valence-corrected chi connectivity index (χ1v) is 16.1. The molecule has 0 saturated heterocycles. The third-order valence-electron chi connectivity index (χ3n) is 10.3. The van der Waals surface area contributed by atoms with E-state index >= 15 is 0 Å². The van der Waals surface area contributed by atoms with Gasteiger partial charge in [0.15, 0.2) is 0 Å². The van der Waals surface area contributed by atoms with E-state index < -0.39 is 0 Å². The van der Waals surface area contributed by atoms with Crippen LogP contribution in [0.1, 0.15) is 25.0 Å². The fourth-order valence-electron chi connectivity index (χ4n) is 8.31. The predicted octanol–water partition coefficient (Wildman–Crippen LogP) is 10.1. The largest absolute Gasteiger partial charge is 0.293 e. The van der Waals surface area contributed by atoms with Crippen LogP contribution in [-0.4, -0.2) is 14.1 Å². The average Bonchev–Trinajstić information content (AvgIpc) is 3.58. The number of fused-ring (bicyclic) bond motifs is 13. The molecule has 0 radical (unpaired) electrons. The van der Waals surface area contributed by atoms with Crippen LogP contribution in [0.5, 0.6) is 0 Å². The quantitative estimate of drug-likeness (QED) is 0.185. The Balaban J connectivity index is 1.39. The summed E-state index contributed by atoms with van der Waals surface area (Å²) < 4.78 is 4.15. The summed E-state index contributed by atoms with van der Waals surface area (Å²) in [5.41, 5.74) is 9.59. The Morgan fingerprint density at radius 1 is 0.553 bits per heavy atom. The maximum absolute atomic E-state index is 14.2. The molecule has 0 bridgehead atoms. The molecule has 47 heavy (non-hydrogen) atoms. The van der Waals surface area contributed by atoms with E-state index in [2.05, 4.69) is 97.3 Å². The Hall–Kier alpha value is -6.00. The molecule has 4 nitrogen and oxygen atoms in total. The van der Waals surface area contributed by atoms with Gasteiger partial charge in [-0.2, -0.15) is 0 Å². The van der Waals surface area contributed by atoms with Gasteiger partial charge in [0.05, 0.1) is 27.5 Å². The Labute approximate surface area is 270 Å². The van der Waals surface area contributed by atoms with Crippen LogP contribution >= 0.6 is 0 Å². The highest BCUT2D eigenvalue weighted by Gasteiger charge is 2.40. The molecule has 9 aromatic rings. The highest BCUT2D eigenvalue weighted by atomic mass is 16.1. The highest BCUT2D eigenvalue weighted by Crippen LogP contribution is 2.56. The predicted molar refractivity (Wildman–Crippen MR) is 194 cm³/mol. The van der Waals surface area contributed by atoms with Crippen molar-refractivity contribution in [2.45, 2.75) is 19.3 Å². The first-order chi connectivity index (χ1) is 23.0. The normalized spacial score (nSPS) is 13.6. The molecule has 0 fully saturated rings. The molecule has 0 saturated carbocycles. The van der Waals surface area contributed by atoms with Gasteiger partial charge in [0.2, 0.25) is 0 Å². The van der Waals surface area contributed by atoms with Gasteiger partial charge < -0.3 is 0 Å². The van der Waals surface area contributed by atoms with Crippen LogP contribution in [-0.2, 0) is 5.41 Å². The molecule has 0 amide bonds. The molecule has 6 aromatic carbocycles. The molecule has 3 heterocycles. The fraction of sp³-hybridized carbons (Fsp3) is 0.0698. The van der Waals surface area contributed by atoms with Crippen LogP contribution in [0.3, 0.4) is 0 Å². The van der Waals surface area contributed by atoms with E-state index in [0.717, 1.165) is 27.9 Å². The molecule has 10 rings (SSSR count). The minimum absolute atomic E-state index is 0.0744. The molecule has 1 aliphatic rings. The molecule has 3 aromatic heterocycles. The Bertz CT molecular complexity index is 2840. The van der Waals surface area contributed by atoms with E-state index in [-0.39, 0.29) is 11.0 Å². The summed E-state index contributed by atoms with van der Waals surface area (Å²) in [6.07, 6.45) is 0. The lowest BCUT2D eigenvalue weighted by Gasteiger charge is -2.24. The van der Waals surface area contributed by atoms with Gasteiger partial charge in [0.25, 0.3) is 5.56 Å². The average molecular weight is 604 g/mol. The summed E-state index contributed by atoms with van der Waals surface area (Å²) in [6.45, 7) is 4.70. The monoisotopic (exact) mass is 603 g/mol. The lowest BCUT2D eigenvalue weighted by atomic mass is 9.80. The van der Waals surface area contributed by atoms with E-state index in [1.807, 2.05) is 60.7 Å². The standard InChI is InChI=1S/C43H29N3O/c1-43(2)33-21-11-8-18-29(33)37-27-16-6-7-17-28(27)38-30-19-9-12-22-34(30)46(41(38)39(37)43)36-25-24-32-40(44-36)31-20-10-13-23-35(31)45(42(32)47)26-14-4-3-5-15-26/h3-25H,1-2H3. The number of hydrogen-bond acceptors (Lipinski definition) is 2. The molecule has 0 N–H and O–H groups in total. The zero-order chi connectivity index (χ0) is 31.4. The second-order valence-electron chi connectivity index (χ2n) is 13.1. The summed E-state index contributed by atoms with van der Waals surface area (Å²) in [4.78, 5) is 19.6. The SMILES string of the molecule is CC1(C)c2ccccc2-c2c1c1c(c3ccccc23)c2ccccc2n1-c1ccc2c(=O)n(-c3ccccc3)c3ccccc3c2n1. The van der Waals surface area contributed by atoms with Crippen LogP contribution in [0.2, 0.25) is 0 Å². The van der Waals surface area contributed by atoms with Gasteiger partial charge in [-0.3, -0.25) is 13.9 Å². The second-order valence-corrected chi connectivity index (χ2v) is 13.1. The van der Waals surface area contributed by atoms with Crippen molar-refractivity contribution >= 4 is 54.4 Å². The topological polar surface area (TPSA) is 39.8 Å². The van der Waals surface area contributed by atoms with Crippen molar-refractivity contribution in [3.05, 3.63) is 161 Å². The van der Waals surface area contributed by atoms with Gasteiger partial charge >= 0.3 is 0 Å². The van der Waals surface area contributed by atoms with Crippen LogP contribution in [0, 0.1) is 0 Å². The molecule has 4 heteroatoms. The minimum atomic E-state index is -0.243. The van der Waals surface area contributed by atoms with E-state index in [0.29, 0.717) is 10.9 Å². The molecular formula is C43H29N3O. The first kappa shape index (κ1) is 26.2. The van der Waals surface area contributed by atoms with E-state index in [1.54, 1.807) is 4.57 Å². The summed E-state index contributed by atoms with van der Waals surface area (Å²) in [5, 5.41) is 6.48. The number of aromatic nitrogens is 3. The van der Waals surface area contributed by atoms with Crippen LogP contribution in [0.25, 0.3) is 77.0 Å². The molecule has 0 aliphatic heterocycles. The molecule has 222 valence electrons. The zero-order valence-corrected chi connectivity index (χ0v) is 26.0. The Kier molecular flexibility index (Phi) is 5.18. The molecular weight excluding hydrogens is 574 g/mol. The number of para-hydroxylation sites is 3. The van der Waals surface area contributed by atoms with E-state index in [4.69, 9.17) is 4.98 Å². The Morgan fingerprint density at radius 3 is 1.96 bits per heavy atom. The van der Waals surface area contributed by atoms with Gasteiger partial charge in [-0.05, 0) is 69.4 Å². The third-order valence-corrected chi connectivity index (χ3v) is 10.3. The maximum Gasteiger partial charge on any atom is 0.265 e. The Morgan fingerprint density at radius 2 is 1.17 bits per heavy atom. The smallest absolute Gasteiger partial charge is 0.265 e. The van der Waals surface area contributed by atoms with Gasteiger partial charge in [0, 0.05) is 27.3 Å². The molecule has 0 unspecified atom stereocenters. The zero-order valence-electron chi connectivity index (χ0n) is 26.0. The van der Waals surface area contributed by atoms with Crippen LogP contribution in [0.4, 0.5) is 0 Å². The molecule has 0 atom stereocenters. The number of rotatable bonds is 2. The van der Waals surface area contributed by atoms with Crippen molar-refractivity contribution in [2.75, 3.05) is 0 Å². The summed E-state index contributed by atoms with van der Waals surface area (Å²) in [7, 11) is 0. The van der Waals surface area contributed by atoms with Gasteiger partial charge in [0.1, 0.15) is 5.82 Å². The lowest BCUT2D eigenvalue weighted by molar-refractivity contribution is 0.664. The molecule has 1 aliphatic carbocycles. The summed E-state index contributed by atoms with van der Waals surface area (Å²) >= 11 is 0. The van der Waals surface area contributed by atoms with Gasteiger partial charge in [-0.15, -0.1) is 0 Å². The second kappa shape index (κ2) is 9.27. The highest BCUT2D eigenvalue weighted by molar-refractivity contribution is 6.27. The number of pyridine rings is 2. The summed E-state index contributed by atoms with van der Waals surface area (Å²) in [6, 6.07) is 48.3. The van der Waals surface area contributed by atoms with Crippen molar-refractivity contribution in [3.63, 3.8) is 0 Å². The number of hydrogen-bond donors (Lipinski definition) is 0. The number of nitrogens with zero attached hydrogens (tertiary/aromatic N) is 3. The van der Waals surface area contributed by atoms with Gasteiger partial charge in [-0.25, -0.2) is 4.98 Å². The number of benzene rings is 6. The van der Waals surface area contributed by atoms with E-state index in [1.165, 1.54) is 49.3 Å². The van der Waals surface area contributed by atoms with Crippen LogP contribution < -0.4 is 5.56 Å². The van der Waals surface area contributed by atoms with Crippen molar-refractivity contribution in [1.29, 1.82) is 0 Å². The fourth-order valence-corrected chi connectivity index (χ4v) is 8.31. The maximum atomic E-state index is 14.2. The van der Waals surface area contributed by atoms with E-state index in [9.17, 15) is 4.79 Å². The van der Waals surface area contributed by atoms with Crippen molar-refractivity contribution in [1.82, 2.24) is 14.1 Å². The van der Waals surface area contributed by atoms with Crippen molar-refractivity contribution in [2.24, 2.45) is 0 Å². The summed E-state index contributed by atoms with van der Waals surface area (Å²) in [5.74, 6) is 0.801. The van der Waals surface area contributed by atoms with Crippen LogP contribution in [0.15, 0.2) is 144 Å². The minimum Gasteiger partial charge on any atom is -0.293 e.